The fourth-order valence-electron chi connectivity index (χ4n) is 4.11. The molecule has 4 rings (SSSR count). The van der Waals surface area contributed by atoms with Gasteiger partial charge in [0.15, 0.2) is 0 Å². The van der Waals surface area contributed by atoms with E-state index in [0.29, 0.717) is 11.5 Å². The van der Waals surface area contributed by atoms with E-state index in [1.165, 1.54) is 5.56 Å². The van der Waals surface area contributed by atoms with Crippen LogP contribution in [0.4, 0.5) is 5.69 Å². The molecule has 0 radical (unpaired) electrons. The predicted octanol–water partition coefficient (Wildman–Crippen LogP) is 5.17. The van der Waals surface area contributed by atoms with Crippen molar-refractivity contribution in [2.45, 2.75) is 25.3 Å². The standard InChI is InChI=1S/C20H18ClNO2/c1-11-9-12(21)10-17-13-7-4-8-14(13)19(22-18(11)17)15-5-2-3-6-16(15)20(23)24/h2-7,9-10,13-14,19,22H,8H2,1H3,(H,23,24)/t13-,14+,19+/m1/s1. The van der Waals surface area contributed by atoms with Crippen LogP contribution in [0.3, 0.4) is 0 Å². The zero-order chi connectivity index (χ0) is 16.8. The van der Waals surface area contributed by atoms with Gasteiger partial charge in [0.25, 0.3) is 0 Å². The largest absolute Gasteiger partial charge is 0.478 e. The summed E-state index contributed by atoms with van der Waals surface area (Å²) in [6, 6.07) is 11.2. The van der Waals surface area contributed by atoms with E-state index in [2.05, 4.69) is 17.5 Å². The highest BCUT2D eigenvalue weighted by molar-refractivity contribution is 6.30. The number of carboxylic acids is 1. The van der Waals surface area contributed by atoms with Crippen molar-refractivity contribution in [1.29, 1.82) is 0 Å². The molecule has 3 atom stereocenters. The molecule has 2 aliphatic rings. The average Bonchev–Trinajstić information content (AvgIpc) is 3.04. The van der Waals surface area contributed by atoms with Gasteiger partial charge in [-0.1, -0.05) is 42.0 Å². The normalized spacial score (nSPS) is 24.2. The summed E-state index contributed by atoms with van der Waals surface area (Å²) in [5, 5.41) is 13.9. The summed E-state index contributed by atoms with van der Waals surface area (Å²) in [6.45, 7) is 2.04. The quantitative estimate of drug-likeness (QED) is 0.742. The summed E-state index contributed by atoms with van der Waals surface area (Å²) in [5.74, 6) is -0.310. The molecule has 0 bridgehead atoms. The van der Waals surface area contributed by atoms with Crippen LogP contribution in [-0.4, -0.2) is 11.1 Å². The fourth-order valence-corrected chi connectivity index (χ4v) is 4.39. The van der Waals surface area contributed by atoms with Gasteiger partial charge in [-0.05, 0) is 54.2 Å². The molecule has 122 valence electrons. The van der Waals surface area contributed by atoms with Crippen LogP contribution in [0.25, 0.3) is 0 Å². The first kappa shape index (κ1) is 15.3. The van der Waals surface area contributed by atoms with Crippen molar-refractivity contribution in [2.75, 3.05) is 5.32 Å². The molecule has 1 aliphatic carbocycles. The Morgan fingerprint density at radius 3 is 2.83 bits per heavy atom. The van der Waals surface area contributed by atoms with Crippen LogP contribution in [0, 0.1) is 12.8 Å². The number of benzene rings is 2. The van der Waals surface area contributed by atoms with Crippen LogP contribution < -0.4 is 5.32 Å². The van der Waals surface area contributed by atoms with Gasteiger partial charge in [-0.15, -0.1) is 0 Å². The van der Waals surface area contributed by atoms with E-state index in [-0.39, 0.29) is 12.0 Å². The molecule has 0 fully saturated rings. The van der Waals surface area contributed by atoms with Gasteiger partial charge in [0, 0.05) is 16.6 Å². The van der Waals surface area contributed by atoms with Crippen LogP contribution in [0.2, 0.25) is 5.02 Å². The maximum Gasteiger partial charge on any atom is 0.336 e. The Balaban J connectivity index is 1.86. The maximum absolute atomic E-state index is 11.7. The van der Waals surface area contributed by atoms with Gasteiger partial charge in [0.2, 0.25) is 0 Å². The van der Waals surface area contributed by atoms with Crippen molar-refractivity contribution < 1.29 is 9.90 Å². The van der Waals surface area contributed by atoms with Gasteiger partial charge in [-0.2, -0.15) is 0 Å². The minimum Gasteiger partial charge on any atom is -0.478 e. The molecule has 4 heteroatoms. The third-order valence-electron chi connectivity index (χ3n) is 5.16. The SMILES string of the molecule is Cc1cc(Cl)cc2c1N[C@H](c1ccccc1C(=O)O)[C@H]1CC=C[C@@H]21. The smallest absolute Gasteiger partial charge is 0.336 e. The summed E-state index contributed by atoms with van der Waals surface area (Å²) < 4.78 is 0. The number of halogens is 1. The molecule has 0 saturated heterocycles. The molecule has 0 spiro atoms. The molecule has 0 saturated carbocycles. The highest BCUT2D eigenvalue weighted by atomic mass is 35.5. The van der Waals surface area contributed by atoms with Crippen LogP contribution in [-0.2, 0) is 0 Å². The molecule has 0 unspecified atom stereocenters. The Labute approximate surface area is 146 Å². The number of aromatic carboxylic acids is 1. The molecule has 24 heavy (non-hydrogen) atoms. The van der Waals surface area contributed by atoms with Crippen molar-refractivity contribution in [3.63, 3.8) is 0 Å². The van der Waals surface area contributed by atoms with E-state index >= 15 is 0 Å². The van der Waals surface area contributed by atoms with Crippen molar-refractivity contribution in [2.24, 2.45) is 5.92 Å². The third kappa shape index (κ3) is 2.31. The molecular formula is C20H18ClNO2. The highest BCUT2D eigenvalue weighted by Crippen LogP contribution is 2.51. The zero-order valence-electron chi connectivity index (χ0n) is 13.3. The first-order valence-corrected chi connectivity index (χ1v) is 8.49. The Bertz CT molecular complexity index is 859. The molecule has 0 amide bonds. The van der Waals surface area contributed by atoms with Crippen molar-refractivity contribution in [3.05, 3.63) is 75.8 Å². The minimum atomic E-state index is -0.881. The number of fused-ring (bicyclic) bond motifs is 3. The lowest BCUT2D eigenvalue weighted by Gasteiger charge is -2.39. The van der Waals surface area contributed by atoms with Gasteiger partial charge in [0.1, 0.15) is 0 Å². The Morgan fingerprint density at radius 1 is 1.25 bits per heavy atom. The van der Waals surface area contributed by atoms with Gasteiger partial charge < -0.3 is 10.4 Å². The van der Waals surface area contributed by atoms with E-state index in [4.69, 9.17) is 11.6 Å². The van der Waals surface area contributed by atoms with E-state index < -0.39 is 5.97 Å². The van der Waals surface area contributed by atoms with E-state index in [0.717, 1.165) is 28.3 Å². The van der Waals surface area contributed by atoms with Crippen molar-refractivity contribution in [1.82, 2.24) is 0 Å². The zero-order valence-corrected chi connectivity index (χ0v) is 14.0. The molecule has 2 aromatic carbocycles. The fraction of sp³-hybridized carbons (Fsp3) is 0.250. The number of allylic oxidation sites excluding steroid dienone is 2. The second kappa shape index (κ2) is 5.67. The van der Waals surface area contributed by atoms with Gasteiger partial charge in [-0.25, -0.2) is 4.79 Å². The Morgan fingerprint density at radius 2 is 2.04 bits per heavy atom. The first-order valence-electron chi connectivity index (χ1n) is 8.11. The molecule has 3 nitrogen and oxygen atoms in total. The summed E-state index contributed by atoms with van der Waals surface area (Å²) in [6.07, 6.45) is 5.36. The lowest BCUT2D eigenvalue weighted by molar-refractivity contribution is 0.0694. The van der Waals surface area contributed by atoms with Crippen molar-refractivity contribution >= 4 is 23.3 Å². The summed E-state index contributed by atoms with van der Waals surface area (Å²) in [4.78, 5) is 11.7. The second-order valence-corrected chi connectivity index (χ2v) is 6.99. The lowest BCUT2D eigenvalue weighted by Crippen LogP contribution is -2.30. The maximum atomic E-state index is 11.7. The first-order chi connectivity index (χ1) is 11.6. The Hall–Kier alpha value is -2.26. The van der Waals surface area contributed by atoms with Crippen LogP contribution in [0.1, 0.15) is 45.4 Å². The monoisotopic (exact) mass is 339 g/mol. The van der Waals surface area contributed by atoms with Crippen LogP contribution in [0.15, 0.2) is 48.6 Å². The van der Waals surface area contributed by atoms with E-state index in [9.17, 15) is 9.90 Å². The number of anilines is 1. The predicted molar refractivity (Wildman–Crippen MR) is 95.9 cm³/mol. The van der Waals surface area contributed by atoms with Gasteiger partial charge >= 0.3 is 5.97 Å². The van der Waals surface area contributed by atoms with Crippen molar-refractivity contribution in [3.8, 4) is 0 Å². The molecule has 1 aliphatic heterocycles. The molecule has 2 N–H and O–H groups in total. The van der Waals surface area contributed by atoms with E-state index in [1.54, 1.807) is 12.1 Å². The number of rotatable bonds is 2. The Kier molecular flexibility index (Phi) is 3.61. The number of hydrogen-bond donors (Lipinski definition) is 2. The summed E-state index contributed by atoms with van der Waals surface area (Å²) in [5.41, 5.74) is 4.61. The topological polar surface area (TPSA) is 49.3 Å². The molecule has 2 aromatic rings. The summed E-state index contributed by atoms with van der Waals surface area (Å²) in [7, 11) is 0. The van der Waals surface area contributed by atoms with Gasteiger partial charge in [0.05, 0.1) is 11.6 Å². The average molecular weight is 340 g/mol. The molecule has 0 aromatic heterocycles. The number of carboxylic acid groups (broad SMARTS) is 1. The highest BCUT2D eigenvalue weighted by Gasteiger charge is 2.39. The minimum absolute atomic E-state index is 0.0234. The number of carbonyl (C=O) groups is 1. The molecule has 1 heterocycles. The lowest BCUT2D eigenvalue weighted by atomic mass is 9.75. The van der Waals surface area contributed by atoms with E-state index in [1.807, 2.05) is 31.2 Å². The second-order valence-electron chi connectivity index (χ2n) is 6.55. The number of hydrogen-bond acceptors (Lipinski definition) is 2. The molecular weight excluding hydrogens is 322 g/mol. The summed E-state index contributed by atoms with van der Waals surface area (Å²) >= 11 is 6.26. The van der Waals surface area contributed by atoms with Gasteiger partial charge in [-0.3, -0.25) is 0 Å². The number of nitrogens with one attached hydrogen (secondary N) is 1. The third-order valence-corrected chi connectivity index (χ3v) is 5.38. The number of aryl methyl sites for hydroxylation is 1. The van der Waals surface area contributed by atoms with Crippen LogP contribution in [0.5, 0.6) is 0 Å². The van der Waals surface area contributed by atoms with Crippen LogP contribution >= 0.6 is 11.6 Å².